The van der Waals surface area contributed by atoms with Crippen LogP contribution < -0.4 is 0 Å². The third-order valence-corrected chi connectivity index (χ3v) is 4.05. The third kappa shape index (κ3) is 2.82. The minimum Gasteiger partial charge on any atom is -0.464 e. The van der Waals surface area contributed by atoms with Crippen molar-refractivity contribution in [3.63, 3.8) is 0 Å². The number of nitrogens with one attached hydrogen (secondary N) is 1. The minimum absolute atomic E-state index is 0.0424. The predicted molar refractivity (Wildman–Crippen MR) is 89.9 cm³/mol. The zero-order valence-corrected chi connectivity index (χ0v) is 13.8. The molecule has 0 aliphatic carbocycles. The van der Waals surface area contributed by atoms with Gasteiger partial charge in [0.15, 0.2) is 5.69 Å². The molecule has 136 valence electrons. The molecule has 2 aromatic heterocycles. The molecule has 0 aliphatic rings. The molecule has 0 fully saturated rings. The Morgan fingerprint density at radius 1 is 1.11 bits per heavy atom. The lowest BCUT2D eigenvalue weighted by atomic mass is 10.1. The number of carbonyl (C=O) groups excluding carboxylic acids is 1. The molecule has 0 saturated carbocycles. The highest BCUT2D eigenvalue weighted by atomic mass is 19.1. The van der Waals surface area contributed by atoms with Crippen molar-refractivity contribution in [1.82, 2.24) is 20.0 Å². The maximum Gasteiger partial charge on any atom is 0.360 e. The highest BCUT2D eigenvalue weighted by Crippen LogP contribution is 2.35. The zero-order valence-electron chi connectivity index (χ0n) is 13.8. The Morgan fingerprint density at radius 3 is 2.56 bits per heavy atom. The van der Waals surface area contributed by atoms with Crippen molar-refractivity contribution in [3.8, 4) is 16.9 Å². The first-order valence-electron chi connectivity index (χ1n) is 7.75. The number of hydrogen-bond acceptors (Lipinski definition) is 4. The van der Waals surface area contributed by atoms with Gasteiger partial charge in [-0.05, 0) is 30.3 Å². The Labute approximate surface area is 150 Å². The van der Waals surface area contributed by atoms with E-state index >= 15 is 0 Å². The maximum absolute atomic E-state index is 14.3. The number of ether oxygens (including phenoxy) is 1. The van der Waals surface area contributed by atoms with Crippen LogP contribution in [-0.2, 0) is 4.74 Å². The number of esters is 1. The van der Waals surface area contributed by atoms with Crippen molar-refractivity contribution in [2.24, 2.45) is 0 Å². The zero-order chi connectivity index (χ0) is 19.1. The van der Waals surface area contributed by atoms with Gasteiger partial charge < -0.3 is 9.72 Å². The van der Waals surface area contributed by atoms with E-state index in [-0.39, 0.29) is 22.3 Å². The van der Waals surface area contributed by atoms with Gasteiger partial charge in [0.25, 0.3) is 0 Å². The van der Waals surface area contributed by atoms with Gasteiger partial charge in [-0.1, -0.05) is 5.21 Å². The van der Waals surface area contributed by atoms with Gasteiger partial charge in [0, 0.05) is 17.0 Å². The fourth-order valence-electron chi connectivity index (χ4n) is 2.84. The average molecular weight is 372 g/mol. The normalized spacial score (nSPS) is 11.1. The molecular weight excluding hydrogens is 361 g/mol. The van der Waals surface area contributed by atoms with E-state index in [1.807, 2.05) is 0 Å². The largest absolute Gasteiger partial charge is 0.464 e. The van der Waals surface area contributed by atoms with Gasteiger partial charge in [-0.15, -0.1) is 5.10 Å². The van der Waals surface area contributed by atoms with E-state index in [0.29, 0.717) is 11.3 Å². The number of nitrogens with zero attached hydrogens (tertiary/aromatic N) is 3. The van der Waals surface area contributed by atoms with Gasteiger partial charge in [-0.3, -0.25) is 0 Å². The quantitative estimate of drug-likeness (QED) is 0.558. The second-order valence-corrected chi connectivity index (χ2v) is 5.71. The summed E-state index contributed by atoms with van der Waals surface area (Å²) in [7, 11) is 1.20. The number of hydrogen-bond donors (Lipinski definition) is 1. The summed E-state index contributed by atoms with van der Waals surface area (Å²) in [5, 5.41) is 7.78. The molecule has 1 N–H and O–H groups in total. The van der Waals surface area contributed by atoms with Crippen molar-refractivity contribution in [2.75, 3.05) is 7.11 Å². The molecule has 9 heteroatoms. The first kappa shape index (κ1) is 16.8. The Hall–Kier alpha value is -3.62. The molecular formula is C18H11F3N4O2. The molecule has 6 nitrogen and oxygen atoms in total. The molecule has 0 bridgehead atoms. The summed E-state index contributed by atoms with van der Waals surface area (Å²) in [5.41, 5.74) is 1.10. The van der Waals surface area contributed by atoms with Crippen molar-refractivity contribution >= 4 is 16.9 Å². The van der Waals surface area contributed by atoms with E-state index < -0.39 is 23.4 Å². The lowest BCUT2D eigenvalue weighted by Crippen LogP contribution is -2.01. The fourth-order valence-corrected chi connectivity index (χ4v) is 2.84. The summed E-state index contributed by atoms with van der Waals surface area (Å²) < 4.78 is 47.2. The summed E-state index contributed by atoms with van der Waals surface area (Å²) in [6.45, 7) is 0. The molecule has 0 saturated heterocycles. The number of halogens is 3. The van der Waals surface area contributed by atoms with E-state index in [9.17, 15) is 18.0 Å². The number of methoxy groups -OCH3 is 1. The van der Waals surface area contributed by atoms with E-state index in [2.05, 4.69) is 20.0 Å². The van der Waals surface area contributed by atoms with Crippen molar-refractivity contribution in [3.05, 3.63) is 65.7 Å². The first-order valence-corrected chi connectivity index (χ1v) is 7.75. The van der Waals surface area contributed by atoms with Crippen molar-refractivity contribution < 1.29 is 22.7 Å². The molecule has 0 atom stereocenters. The number of rotatable bonds is 3. The molecule has 0 amide bonds. The summed E-state index contributed by atoms with van der Waals surface area (Å²) >= 11 is 0. The maximum atomic E-state index is 14.3. The summed E-state index contributed by atoms with van der Waals surface area (Å²) in [4.78, 5) is 14.5. The van der Waals surface area contributed by atoms with Gasteiger partial charge in [-0.25, -0.2) is 22.6 Å². The second kappa shape index (κ2) is 6.27. The van der Waals surface area contributed by atoms with Crippen molar-refractivity contribution in [2.45, 2.75) is 0 Å². The van der Waals surface area contributed by atoms with E-state index in [0.717, 1.165) is 12.1 Å². The molecule has 4 rings (SSSR count). The summed E-state index contributed by atoms with van der Waals surface area (Å²) in [5.74, 6) is -2.73. The lowest BCUT2D eigenvalue weighted by Gasteiger charge is -2.04. The molecule has 27 heavy (non-hydrogen) atoms. The Balaban J connectivity index is 2.01. The average Bonchev–Trinajstić information content (AvgIpc) is 3.26. The van der Waals surface area contributed by atoms with E-state index in [1.165, 1.54) is 42.3 Å². The van der Waals surface area contributed by atoms with Crippen LogP contribution in [-0.4, -0.2) is 33.1 Å². The van der Waals surface area contributed by atoms with E-state index in [1.54, 1.807) is 0 Å². The van der Waals surface area contributed by atoms with Crippen LogP contribution in [0.5, 0.6) is 0 Å². The van der Waals surface area contributed by atoms with Crippen LogP contribution in [0.15, 0.2) is 42.6 Å². The van der Waals surface area contributed by atoms with Crippen LogP contribution >= 0.6 is 0 Å². The molecule has 0 spiro atoms. The SMILES string of the molecule is COC(=O)c1cn(-c2c(-c3ccc(F)cc3)[nH]c3c(F)cc(F)cc23)nn1. The van der Waals surface area contributed by atoms with Crippen LogP contribution in [0.25, 0.3) is 27.8 Å². The molecule has 2 heterocycles. The smallest absolute Gasteiger partial charge is 0.360 e. The fraction of sp³-hybridized carbons (Fsp3) is 0.0556. The van der Waals surface area contributed by atoms with Crippen LogP contribution in [0, 0.1) is 17.5 Å². The highest BCUT2D eigenvalue weighted by Gasteiger charge is 2.21. The molecule has 0 unspecified atom stereocenters. The van der Waals surface area contributed by atoms with Gasteiger partial charge in [-0.2, -0.15) is 0 Å². The Bertz CT molecular complexity index is 1170. The predicted octanol–water partition coefficient (Wildman–Crippen LogP) is 3.62. The molecule has 0 aliphatic heterocycles. The summed E-state index contributed by atoms with van der Waals surface area (Å²) in [6.07, 6.45) is 1.28. The standard InChI is InChI=1S/C18H11F3N4O2/c1-27-18(26)14-8-25(24-23-14)17-12-6-11(20)7-13(21)16(12)22-15(17)9-2-4-10(19)5-3-9/h2-8,22H,1H3. The number of aromatic amines is 1. The highest BCUT2D eigenvalue weighted by molar-refractivity contribution is 5.97. The molecule has 2 aromatic carbocycles. The van der Waals surface area contributed by atoms with Crippen molar-refractivity contribution in [1.29, 1.82) is 0 Å². The third-order valence-electron chi connectivity index (χ3n) is 4.05. The van der Waals surface area contributed by atoms with Crippen LogP contribution in [0.4, 0.5) is 13.2 Å². The molecule has 0 radical (unpaired) electrons. The number of fused-ring (bicyclic) bond motifs is 1. The number of H-pyrrole nitrogens is 1. The summed E-state index contributed by atoms with van der Waals surface area (Å²) in [6, 6.07) is 7.33. The van der Waals surface area contributed by atoms with Gasteiger partial charge in [0.1, 0.15) is 17.5 Å². The van der Waals surface area contributed by atoms with Crippen LogP contribution in [0.1, 0.15) is 10.5 Å². The van der Waals surface area contributed by atoms with Gasteiger partial charge in [0.2, 0.25) is 0 Å². The first-order chi connectivity index (χ1) is 13.0. The van der Waals surface area contributed by atoms with Gasteiger partial charge in [0.05, 0.1) is 30.2 Å². The Morgan fingerprint density at radius 2 is 1.85 bits per heavy atom. The molecule has 4 aromatic rings. The minimum atomic E-state index is -0.798. The Kier molecular flexibility index (Phi) is 3.91. The lowest BCUT2D eigenvalue weighted by molar-refractivity contribution is 0.0594. The topological polar surface area (TPSA) is 72.8 Å². The number of benzene rings is 2. The van der Waals surface area contributed by atoms with E-state index in [4.69, 9.17) is 0 Å². The number of carbonyl (C=O) groups is 1. The van der Waals surface area contributed by atoms with Crippen LogP contribution in [0.3, 0.4) is 0 Å². The number of aromatic nitrogens is 4. The monoisotopic (exact) mass is 372 g/mol. The van der Waals surface area contributed by atoms with Gasteiger partial charge >= 0.3 is 5.97 Å². The van der Waals surface area contributed by atoms with Crippen LogP contribution in [0.2, 0.25) is 0 Å². The second-order valence-electron chi connectivity index (χ2n) is 5.71.